The van der Waals surface area contributed by atoms with Crippen LogP contribution in [0.15, 0.2) is 30.6 Å². The molecule has 0 radical (unpaired) electrons. The third kappa shape index (κ3) is 1.52. The van der Waals surface area contributed by atoms with Crippen LogP contribution in [-0.4, -0.2) is 9.91 Å². The van der Waals surface area contributed by atoms with E-state index < -0.39 is 0 Å². The molecule has 0 aliphatic carbocycles. The Morgan fingerprint density at radius 3 is 3.00 bits per heavy atom. The molecule has 18 heavy (non-hydrogen) atoms. The quantitative estimate of drug-likeness (QED) is 0.615. The summed E-state index contributed by atoms with van der Waals surface area (Å²) in [5.74, 6) is 0. The van der Waals surface area contributed by atoms with Gasteiger partial charge in [0.2, 0.25) is 0 Å². The Balaban J connectivity index is 2.22. The van der Waals surface area contributed by atoms with Crippen molar-refractivity contribution in [1.82, 2.24) is 4.98 Å². The largest absolute Gasteiger partial charge is 0.380 e. The summed E-state index contributed by atoms with van der Waals surface area (Å²) in [6.07, 6.45) is 3.65. The van der Waals surface area contributed by atoms with E-state index in [-0.39, 0.29) is 10.6 Å². The molecule has 3 rings (SSSR count). The monoisotopic (exact) mass is 241 g/mol. The van der Waals surface area contributed by atoms with Crippen LogP contribution in [0.5, 0.6) is 0 Å². The molecule has 2 aromatic rings. The molecule has 5 heteroatoms. The van der Waals surface area contributed by atoms with Gasteiger partial charge in [-0.2, -0.15) is 0 Å². The molecular formula is C13H11N3O2. The topological polar surface area (TPSA) is 68.1 Å². The minimum Gasteiger partial charge on any atom is -0.380 e. The second-order valence-corrected chi connectivity index (χ2v) is 4.33. The molecule has 1 aliphatic heterocycles. The van der Waals surface area contributed by atoms with Gasteiger partial charge < -0.3 is 5.32 Å². The van der Waals surface area contributed by atoms with Crippen molar-refractivity contribution in [3.8, 4) is 11.1 Å². The maximum absolute atomic E-state index is 10.8. The number of nitrogens with one attached hydrogen (secondary N) is 1. The van der Waals surface area contributed by atoms with Crippen LogP contribution in [0.1, 0.15) is 11.1 Å². The van der Waals surface area contributed by atoms with Gasteiger partial charge in [-0.1, -0.05) is 0 Å². The van der Waals surface area contributed by atoms with Gasteiger partial charge >= 0.3 is 0 Å². The fourth-order valence-corrected chi connectivity index (χ4v) is 2.34. The van der Waals surface area contributed by atoms with E-state index in [1.54, 1.807) is 12.1 Å². The van der Waals surface area contributed by atoms with Gasteiger partial charge in [0.1, 0.15) is 0 Å². The lowest BCUT2D eigenvalue weighted by atomic mass is 9.93. The number of aromatic nitrogens is 1. The summed E-state index contributed by atoms with van der Waals surface area (Å²) < 4.78 is 0. The lowest BCUT2D eigenvalue weighted by Gasteiger charge is -2.22. The van der Waals surface area contributed by atoms with Gasteiger partial charge in [-0.25, -0.2) is 0 Å². The number of nitro groups is 1. The van der Waals surface area contributed by atoms with E-state index >= 15 is 0 Å². The number of non-ortho nitro benzene ring substituents is 1. The molecule has 1 aliphatic rings. The van der Waals surface area contributed by atoms with Crippen molar-refractivity contribution < 1.29 is 4.92 Å². The second kappa shape index (κ2) is 3.80. The van der Waals surface area contributed by atoms with Crippen LogP contribution >= 0.6 is 0 Å². The van der Waals surface area contributed by atoms with Gasteiger partial charge in [-0.3, -0.25) is 15.1 Å². The molecule has 0 saturated carbocycles. The highest BCUT2D eigenvalue weighted by Gasteiger charge is 2.20. The zero-order valence-electron chi connectivity index (χ0n) is 9.80. The highest BCUT2D eigenvalue weighted by Crippen LogP contribution is 2.38. The molecule has 0 spiro atoms. The molecule has 1 aromatic heterocycles. The highest BCUT2D eigenvalue weighted by molar-refractivity contribution is 5.85. The standard InChI is InChI=1S/C13H11N3O2/c1-8-5-14-6-9-7-15-12-4-10(16(17)18)2-3-11(12)13(8)9/h2-6,15H,7H2,1H3. The van der Waals surface area contributed by atoms with E-state index in [9.17, 15) is 10.1 Å². The molecule has 0 saturated heterocycles. The van der Waals surface area contributed by atoms with Gasteiger partial charge in [0.25, 0.3) is 5.69 Å². The Bertz CT molecular complexity index is 653. The Hall–Kier alpha value is -2.43. The number of hydrogen-bond acceptors (Lipinski definition) is 4. The Labute approximate surface area is 104 Å². The predicted octanol–water partition coefficient (Wildman–Crippen LogP) is 2.89. The number of nitro benzene ring substituents is 1. The third-order valence-corrected chi connectivity index (χ3v) is 3.17. The fourth-order valence-electron chi connectivity index (χ4n) is 2.34. The molecule has 0 bridgehead atoms. The third-order valence-electron chi connectivity index (χ3n) is 3.17. The van der Waals surface area contributed by atoms with E-state index in [1.807, 2.05) is 19.3 Å². The summed E-state index contributed by atoms with van der Waals surface area (Å²) in [5, 5.41) is 14.0. The predicted molar refractivity (Wildman–Crippen MR) is 68.4 cm³/mol. The summed E-state index contributed by atoms with van der Waals surface area (Å²) in [6, 6.07) is 4.92. The van der Waals surface area contributed by atoms with Crippen molar-refractivity contribution in [1.29, 1.82) is 0 Å². The second-order valence-electron chi connectivity index (χ2n) is 4.33. The van der Waals surface area contributed by atoms with E-state index in [4.69, 9.17) is 0 Å². The van der Waals surface area contributed by atoms with Gasteiger partial charge in [0.15, 0.2) is 0 Å². The van der Waals surface area contributed by atoms with Crippen LogP contribution in [0.2, 0.25) is 0 Å². The molecule has 2 heterocycles. The van der Waals surface area contributed by atoms with Crippen molar-refractivity contribution in [2.75, 3.05) is 5.32 Å². The number of benzene rings is 1. The maximum Gasteiger partial charge on any atom is 0.271 e. The summed E-state index contributed by atoms with van der Waals surface area (Å²) in [5.41, 5.74) is 5.26. The molecule has 0 fully saturated rings. The Kier molecular flexibility index (Phi) is 2.26. The highest BCUT2D eigenvalue weighted by atomic mass is 16.6. The van der Waals surface area contributed by atoms with Gasteiger partial charge in [0.05, 0.1) is 4.92 Å². The summed E-state index contributed by atoms with van der Waals surface area (Å²) in [7, 11) is 0. The maximum atomic E-state index is 10.8. The minimum absolute atomic E-state index is 0.108. The number of pyridine rings is 1. The van der Waals surface area contributed by atoms with Crippen LogP contribution in [0, 0.1) is 17.0 Å². The Morgan fingerprint density at radius 1 is 1.39 bits per heavy atom. The smallest absolute Gasteiger partial charge is 0.271 e. The average Bonchev–Trinajstić information content (AvgIpc) is 2.37. The van der Waals surface area contributed by atoms with Crippen LogP contribution in [0.4, 0.5) is 11.4 Å². The first-order chi connectivity index (χ1) is 8.66. The van der Waals surface area contributed by atoms with Gasteiger partial charge in [0, 0.05) is 42.3 Å². The molecule has 5 nitrogen and oxygen atoms in total. The van der Waals surface area contributed by atoms with E-state index in [1.165, 1.54) is 6.07 Å². The zero-order chi connectivity index (χ0) is 12.7. The van der Waals surface area contributed by atoms with E-state index in [0.717, 1.165) is 27.9 Å². The molecule has 90 valence electrons. The number of fused-ring (bicyclic) bond motifs is 3. The van der Waals surface area contributed by atoms with Crippen molar-refractivity contribution in [3.63, 3.8) is 0 Å². The Morgan fingerprint density at radius 2 is 2.22 bits per heavy atom. The first kappa shape index (κ1) is 10.7. The van der Waals surface area contributed by atoms with Crippen molar-refractivity contribution in [3.05, 3.63) is 51.8 Å². The van der Waals surface area contributed by atoms with Crippen LogP contribution in [0.25, 0.3) is 11.1 Å². The van der Waals surface area contributed by atoms with Crippen molar-refractivity contribution in [2.24, 2.45) is 0 Å². The van der Waals surface area contributed by atoms with Crippen molar-refractivity contribution >= 4 is 11.4 Å². The van der Waals surface area contributed by atoms with E-state index in [0.29, 0.717) is 6.54 Å². The van der Waals surface area contributed by atoms with Crippen LogP contribution in [-0.2, 0) is 6.54 Å². The number of nitrogens with zero attached hydrogens (tertiary/aromatic N) is 2. The first-order valence-electron chi connectivity index (χ1n) is 5.63. The van der Waals surface area contributed by atoms with Crippen molar-refractivity contribution in [2.45, 2.75) is 13.5 Å². The van der Waals surface area contributed by atoms with E-state index in [2.05, 4.69) is 10.3 Å². The number of hydrogen-bond donors (Lipinski definition) is 1. The number of anilines is 1. The molecule has 1 N–H and O–H groups in total. The molecule has 1 aromatic carbocycles. The fraction of sp³-hybridized carbons (Fsp3) is 0.154. The SMILES string of the molecule is Cc1cncc2c1-c1ccc([N+](=O)[O-])cc1NC2. The summed E-state index contributed by atoms with van der Waals surface area (Å²) >= 11 is 0. The van der Waals surface area contributed by atoms with Gasteiger partial charge in [-0.15, -0.1) is 0 Å². The molecular weight excluding hydrogens is 230 g/mol. The molecule has 0 unspecified atom stereocenters. The summed E-state index contributed by atoms with van der Waals surface area (Å²) in [6.45, 7) is 2.65. The van der Waals surface area contributed by atoms with Crippen LogP contribution in [0.3, 0.4) is 0 Å². The number of rotatable bonds is 1. The average molecular weight is 241 g/mol. The number of aryl methyl sites for hydroxylation is 1. The zero-order valence-corrected chi connectivity index (χ0v) is 9.80. The molecule has 0 atom stereocenters. The van der Waals surface area contributed by atoms with Gasteiger partial charge in [-0.05, 0) is 29.7 Å². The van der Waals surface area contributed by atoms with Crippen LogP contribution < -0.4 is 5.32 Å². The lowest BCUT2D eigenvalue weighted by molar-refractivity contribution is -0.384. The minimum atomic E-state index is -0.378. The summed E-state index contributed by atoms with van der Waals surface area (Å²) in [4.78, 5) is 14.6. The normalized spacial score (nSPS) is 12.3. The molecule has 0 amide bonds. The first-order valence-corrected chi connectivity index (χ1v) is 5.63. The lowest BCUT2D eigenvalue weighted by Crippen LogP contribution is -2.10.